The van der Waals surface area contributed by atoms with Gasteiger partial charge in [-0.15, -0.1) is 0 Å². The molecule has 0 saturated carbocycles. The zero-order valence-electron chi connectivity index (χ0n) is 10.5. The lowest BCUT2D eigenvalue weighted by atomic mass is 10.2. The average Bonchev–Trinajstić information content (AvgIpc) is 2.39. The third kappa shape index (κ3) is 4.04. The summed E-state index contributed by atoms with van der Waals surface area (Å²) in [6, 6.07) is 3.30. The normalized spacial score (nSPS) is 9.67. The minimum absolute atomic E-state index is 0.119. The fraction of sp³-hybridized carbons (Fsp3) is 0.417. The highest BCUT2D eigenvalue weighted by Crippen LogP contribution is 2.13. The summed E-state index contributed by atoms with van der Waals surface area (Å²) in [5, 5.41) is 5.13. The van der Waals surface area contributed by atoms with Crippen molar-refractivity contribution in [3.05, 3.63) is 23.9 Å². The van der Waals surface area contributed by atoms with E-state index in [1.807, 2.05) is 6.92 Å². The summed E-state index contributed by atoms with van der Waals surface area (Å²) >= 11 is 0. The number of hydrogen-bond donors (Lipinski definition) is 2. The van der Waals surface area contributed by atoms with E-state index in [-0.39, 0.29) is 24.8 Å². The van der Waals surface area contributed by atoms with Gasteiger partial charge in [-0.1, -0.05) is 0 Å². The molecular weight excluding hydrogens is 234 g/mol. The number of amides is 2. The van der Waals surface area contributed by atoms with E-state index >= 15 is 0 Å². The van der Waals surface area contributed by atoms with Gasteiger partial charge in [-0.25, -0.2) is 4.98 Å². The van der Waals surface area contributed by atoms with E-state index in [1.54, 1.807) is 25.4 Å². The molecule has 6 nitrogen and oxygen atoms in total. The van der Waals surface area contributed by atoms with Gasteiger partial charge in [0, 0.05) is 26.2 Å². The molecule has 0 bridgehead atoms. The van der Waals surface area contributed by atoms with Crippen molar-refractivity contribution in [3.63, 3.8) is 0 Å². The van der Waals surface area contributed by atoms with Crippen LogP contribution in [0.2, 0.25) is 0 Å². The van der Waals surface area contributed by atoms with Crippen LogP contribution in [0.4, 0.5) is 0 Å². The molecule has 2 amide bonds. The molecule has 0 unspecified atom stereocenters. The summed E-state index contributed by atoms with van der Waals surface area (Å²) in [5.41, 5.74) is 0.372. The number of nitrogens with one attached hydrogen (secondary N) is 2. The lowest BCUT2D eigenvalue weighted by Gasteiger charge is -2.08. The quantitative estimate of drug-likeness (QED) is 0.764. The van der Waals surface area contributed by atoms with Crippen LogP contribution in [0, 0.1) is 0 Å². The minimum atomic E-state index is -0.296. The Kier molecular flexibility index (Phi) is 5.63. The second-order valence-corrected chi connectivity index (χ2v) is 3.47. The van der Waals surface area contributed by atoms with E-state index in [4.69, 9.17) is 4.74 Å². The van der Waals surface area contributed by atoms with E-state index in [1.165, 1.54) is 0 Å². The Morgan fingerprint density at radius 1 is 1.44 bits per heavy atom. The molecule has 0 radical (unpaired) electrons. The maximum Gasteiger partial charge on any atom is 0.256 e. The molecular formula is C12H17N3O3. The molecule has 1 aromatic rings. The molecule has 0 saturated heterocycles. The molecule has 1 aromatic heterocycles. The fourth-order valence-corrected chi connectivity index (χ4v) is 1.33. The molecule has 0 fully saturated rings. The molecule has 0 aliphatic rings. The summed E-state index contributed by atoms with van der Waals surface area (Å²) in [4.78, 5) is 26.8. The lowest BCUT2D eigenvalue weighted by molar-refractivity contribution is -0.120. The highest BCUT2D eigenvalue weighted by Gasteiger charge is 2.12. The molecule has 0 atom stereocenters. The van der Waals surface area contributed by atoms with Gasteiger partial charge in [-0.05, 0) is 19.1 Å². The van der Waals surface area contributed by atoms with Crippen molar-refractivity contribution in [1.29, 1.82) is 0 Å². The highest BCUT2D eigenvalue weighted by molar-refractivity contribution is 5.96. The molecule has 0 aliphatic heterocycles. The maximum atomic E-state index is 11.8. The number of hydrogen-bond acceptors (Lipinski definition) is 4. The second kappa shape index (κ2) is 7.26. The second-order valence-electron chi connectivity index (χ2n) is 3.47. The molecule has 0 aliphatic carbocycles. The van der Waals surface area contributed by atoms with E-state index in [9.17, 15) is 9.59 Å². The van der Waals surface area contributed by atoms with Crippen LogP contribution >= 0.6 is 0 Å². The van der Waals surface area contributed by atoms with Crippen LogP contribution in [0.5, 0.6) is 5.88 Å². The maximum absolute atomic E-state index is 11.8. The molecule has 0 spiro atoms. The number of rotatable bonds is 6. The van der Waals surface area contributed by atoms with Crippen LogP contribution in [0.1, 0.15) is 23.7 Å². The third-order valence-corrected chi connectivity index (χ3v) is 2.21. The largest absolute Gasteiger partial charge is 0.477 e. The highest BCUT2D eigenvalue weighted by atomic mass is 16.5. The van der Waals surface area contributed by atoms with Gasteiger partial charge in [-0.2, -0.15) is 0 Å². The Hall–Kier alpha value is -2.11. The summed E-state index contributed by atoms with van der Waals surface area (Å²) in [6.45, 7) is 2.54. The Balaban J connectivity index is 2.58. The number of carbonyl (C=O) groups excluding carboxylic acids is 2. The Morgan fingerprint density at radius 3 is 2.89 bits per heavy atom. The molecule has 1 heterocycles. The lowest BCUT2D eigenvalue weighted by Crippen LogP contribution is -2.29. The molecule has 0 aromatic carbocycles. The Bertz CT molecular complexity index is 421. The summed E-state index contributed by atoms with van der Waals surface area (Å²) in [7, 11) is 1.55. The van der Waals surface area contributed by atoms with Gasteiger partial charge in [0.1, 0.15) is 5.56 Å². The smallest absolute Gasteiger partial charge is 0.256 e. The molecule has 2 N–H and O–H groups in total. The summed E-state index contributed by atoms with van der Waals surface area (Å²) in [6.07, 6.45) is 1.80. The van der Waals surface area contributed by atoms with Crippen molar-refractivity contribution in [2.24, 2.45) is 0 Å². The van der Waals surface area contributed by atoms with Crippen LogP contribution in [0.15, 0.2) is 18.3 Å². The predicted molar refractivity (Wildman–Crippen MR) is 66.4 cm³/mol. The van der Waals surface area contributed by atoms with Gasteiger partial charge in [0.25, 0.3) is 5.91 Å². The topological polar surface area (TPSA) is 80.3 Å². The summed E-state index contributed by atoms with van der Waals surface area (Å²) < 4.78 is 5.26. The molecule has 98 valence electrons. The number of aromatic nitrogens is 1. The van der Waals surface area contributed by atoms with Gasteiger partial charge in [0.05, 0.1) is 6.61 Å². The number of carbonyl (C=O) groups is 2. The van der Waals surface area contributed by atoms with Gasteiger partial charge in [0.2, 0.25) is 11.8 Å². The van der Waals surface area contributed by atoms with Crippen molar-refractivity contribution in [3.8, 4) is 5.88 Å². The van der Waals surface area contributed by atoms with E-state index in [0.29, 0.717) is 18.1 Å². The van der Waals surface area contributed by atoms with E-state index in [0.717, 1.165) is 0 Å². The first-order valence-corrected chi connectivity index (χ1v) is 5.75. The Morgan fingerprint density at radius 2 is 2.22 bits per heavy atom. The van der Waals surface area contributed by atoms with Crippen LogP contribution in [0.3, 0.4) is 0 Å². The van der Waals surface area contributed by atoms with Crippen LogP contribution in [0.25, 0.3) is 0 Å². The van der Waals surface area contributed by atoms with Gasteiger partial charge in [0.15, 0.2) is 0 Å². The van der Waals surface area contributed by atoms with E-state index < -0.39 is 0 Å². The van der Waals surface area contributed by atoms with Crippen molar-refractivity contribution >= 4 is 11.8 Å². The number of ether oxygens (including phenoxy) is 1. The van der Waals surface area contributed by atoms with Crippen molar-refractivity contribution in [2.45, 2.75) is 13.3 Å². The van der Waals surface area contributed by atoms with Crippen molar-refractivity contribution < 1.29 is 14.3 Å². The van der Waals surface area contributed by atoms with Gasteiger partial charge < -0.3 is 15.4 Å². The average molecular weight is 251 g/mol. The van der Waals surface area contributed by atoms with E-state index in [2.05, 4.69) is 15.6 Å². The molecule has 1 rings (SSSR count). The van der Waals surface area contributed by atoms with Gasteiger partial charge >= 0.3 is 0 Å². The van der Waals surface area contributed by atoms with Crippen LogP contribution in [-0.2, 0) is 4.79 Å². The number of pyridine rings is 1. The SMILES string of the molecule is CCOc1ncccc1C(=O)NCCC(=O)NC. The first-order chi connectivity index (χ1) is 8.69. The first kappa shape index (κ1) is 14.0. The van der Waals surface area contributed by atoms with Crippen LogP contribution in [-0.4, -0.2) is 37.0 Å². The van der Waals surface area contributed by atoms with Crippen LogP contribution < -0.4 is 15.4 Å². The first-order valence-electron chi connectivity index (χ1n) is 5.75. The number of nitrogens with zero attached hydrogens (tertiary/aromatic N) is 1. The standard InChI is InChI=1S/C12H17N3O3/c1-3-18-12-9(5-4-7-15-12)11(17)14-8-6-10(16)13-2/h4-5,7H,3,6,8H2,1-2H3,(H,13,16)(H,14,17). The summed E-state index contributed by atoms with van der Waals surface area (Å²) in [5.74, 6) is -0.112. The molecule has 6 heteroatoms. The van der Waals surface area contributed by atoms with Crippen molar-refractivity contribution in [2.75, 3.05) is 20.2 Å². The Labute approximate surface area is 106 Å². The zero-order valence-corrected chi connectivity index (χ0v) is 10.5. The predicted octanol–water partition coefficient (Wildman–Crippen LogP) is 0.346. The van der Waals surface area contributed by atoms with Gasteiger partial charge in [-0.3, -0.25) is 9.59 Å². The minimum Gasteiger partial charge on any atom is -0.477 e. The zero-order chi connectivity index (χ0) is 13.4. The third-order valence-electron chi connectivity index (χ3n) is 2.21. The van der Waals surface area contributed by atoms with Crippen molar-refractivity contribution in [1.82, 2.24) is 15.6 Å². The monoisotopic (exact) mass is 251 g/mol. The fourth-order valence-electron chi connectivity index (χ4n) is 1.33. The molecule has 18 heavy (non-hydrogen) atoms.